The van der Waals surface area contributed by atoms with Crippen LogP contribution in [0.1, 0.15) is 27.7 Å². The molecule has 1 unspecified atom stereocenters. The summed E-state index contributed by atoms with van der Waals surface area (Å²) in [5.74, 6) is 0.688. The van der Waals surface area contributed by atoms with Crippen molar-refractivity contribution in [2.45, 2.75) is 12.5 Å². The highest BCUT2D eigenvalue weighted by Crippen LogP contribution is 2.30. The minimum absolute atomic E-state index is 0. The molecule has 0 radical (unpaired) electrons. The van der Waals surface area contributed by atoms with Crippen LogP contribution in [0.15, 0.2) is 41.8 Å². The number of rotatable bonds is 6. The highest BCUT2D eigenvalue weighted by molar-refractivity contribution is 7.12. The molecule has 2 amide bonds. The average molecular weight is 410 g/mol. The Morgan fingerprint density at radius 3 is 2.85 bits per heavy atom. The fourth-order valence-corrected chi connectivity index (χ4v) is 3.78. The van der Waals surface area contributed by atoms with E-state index in [-0.39, 0.29) is 36.7 Å². The molecule has 2 aromatic rings. The minimum Gasteiger partial charge on any atom is -0.496 e. The molecule has 2 N–H and O–H groups in total. The summed E-state index contributed by atoms with van der Waals surface area (Å²) in [6.07, 6.45) is 0.281. The van der Waals surface area contributed by atoms with Gasteiger partial charge in [0.25, 0.3) is 5.91 Å². The van der Waals surface area contributed by atoms with E-state index in [9.17, 15) is 9.59 Å². The first-order chi connectivity index (χ1) is 12.7. The molecule has 1 saturated heterocycles. The van der Waals surface area contributed by atoms with Crippen LogP contribution in [-0.4, -0.2) is 50.0 Å². The first-order valence-corrected chi connectivity index (χ1v) is 9.53. The lowest BCUT2D eigenvalue weighted by atomic mass is 10.0. The number of halogens is 1. The van der Waals surface area contributed by atoms with Crippen molar-refractivity contribution >= 4 is 35.6 Å². The number of benzene rings is 1. The molecule has 0 aliphatic carbocycles. The summed E-state index contributed by atoms with van der Waals surface area (Å²) >= 11 is 1.39. The van der Waals surface area contributed by atoms with Gasteiger partial charge in [-0.3, -0.25) is 9.59 Å². The number of ether oxygens (including phenoxy) is 1. The van der Waals surface area contributed by atoms with Crippen molar-refractivity contribution in [3.05, 3.63) is 52.2 Å². The Morgan fingerprint density at radius 2 is 2.11 bits per heavy atom. The smallest absolute Gasteiger partial charge is 0.261 e. The van der Waals surface area contributed by atoms with Crippen molar-refractivity contribution in [2.75, 3.05) is 33.3 Å². The van der Waals surface area contributed by atoms with Crippen LogP contribution < -0.4 is 15.4 Å². The molecule has 2 heterocycles. The standard InChI is InChI=1S/C19H23N3O3S.ClH/c1-25-16-6-3-2-5-14(16)15-13-20-10-11-22(15)18(23)8-9-21-19(24)17-7-4-12-26-17;/h2-7,12,15,20H,8-11,13H2,1H3,(H,21,24);1H. The second kappa shape index (κ2) is 10.3. The molecule has 0 spiro atoms. The lowest BCUT2D eigenvalue weighted by Gasteiger charge is -2.37. The van der Waals surface area contributed by atoms with E-state index < -0.39 is 0 Å². The van der Waals surface area contributed by atoms with Gasteiger partial charge >= 0.3 is 0 Å². The summed E-state index contributed by atoms with van der Waals surface area (Å²) in [6.45, 7) is 2.42. The summed E-state index contributed by atoms with van der Waals surface area (Å²) in [4.78, 5) is 27.3. The molecule has 0 bridgehead atoms. The normalized spacial score (nSPS) is 16.3. The predicted octanol–water partition coefficient (Wildman–Crippen LogP) is 2.47. The Hall–Kier alpha value is -2.09. The second-order valence-electron chi connectivity index (χ2n) is 6.03. The van der Waals surface area contributed by atoms with E-state index in [4.69, 9.17) is 4.74 Å². The monoisotopic (exact) mass is 409 g/mol. The molecule has 1 aliphatic rings. The van der Waals surface area contributed by atoms with Crippen molar-refractivity contribution in [2.24, 2.45) is 0 Å². The van der Waals surface area contributed by atoms with E-state index in [0.717, 1.165) is 17.9 Å². The van der Waals surface area contributed by atoms with Gasteiger partial charge in [0, 0.05) is 38.2 Å². The number of methoxy groups -OCH3 is 1. The number of carbonyl (C=O) groups is 2. The van der Waals surface area contributed by atoms with Crippen molar-refractivity contribution in [3.63, 3.8) is 0 Å². The SMILES string of the molecule is COc1ccccc1C1CNCCN1C(=O)CCNC(=O)c1cccs1.Cl. The van der Waals surface area contributed by atoms with Gasteiger partial charge in [-0.15, -0.1) is 23.7 Å². The van der Waals surface area contributed by atoms with E-state index in [0.29, 0.717) is 24.5 Å². The van der Waals surface area contributed by atoms with E-state index in [1.54, 1.807) is 13.2 Å². The summed E-state index contributed by atoms with van der Waals surface area (Å²) in [7, 11) is 1.64. The number of para-hydroxylation sites is 1. The van der Waals surface area contributed by atoms with Gasteiger partial charge in [0.1, 0.15) is 5.75 Å². The van der Waals surface area contributed by atoms with Gasteiger partial charge in [-0.1, -0.05) is 24.3 Å². The van der Waals surface area contributed by atoms with Gasteiger partial charge in [-0.25, -0.2) is 0 Å². The Balaban J connectivity index is 0.00000261. The van der Waals surface area contributed by atoms with Crippen molar-refractivity contribution < 1.29 is 14.3 Å². The number of hydrogen-bond acceptors (Lipinski definition) is 5. The van der Waals surface area contributed by atoms with Gasteiger partial charge in [-0.2, -0.15) is 0 Å². The van der Waals surface area contributed by atoms with Gasteiger partial charge < -0.3 is 20.3 Å². The number of nitrogens with zero attached hydrogens (tertiary/aromatic N) is 1. The fraction of sp³-hybridized carbons (Fsp3) is 0.368. The van der Waals surface area contributed by atoms with Crippen LogP contribution in [0, 0.1) is 0 Å². The molecule has 1 aliphatic heterocycles. The number of amides is 2. The van der Waals surface area contributed by atoms with E-state index in [1.165, 1.54) is 11.3 Å². The zero-order valence-electron chi connectivity index (χ0n) is 15.1. The fourth-order valence-electron chi connectivity index (χ4n) is 3.14. The number of thiophene rings is 1. The minimum atomic E-state index is -0.130. The Labute approximate surface area is 169 Å². The zero-order chi connectivity index (χ0) is 18.4. The third-order valence-electron chi connectivity index (χ3n) is 4.43. The maximum Gasteiger partial charge on any atom is 0.261 e. The van der Waals surface area contributed by atoms with Crippen LogP contribution in [0.3, 0.4) is 0 Å². The molecule has 146 valence electrons. The number of piperazine rings is 1. The first kappa shape index (κ1) is 21.2. The largest absolute Gasteiger partial charge is 0.496 e. The molecule has 1 fully saturated rings. The van der Waals surface area contributed by atoms with E-state index in [2.05, 4.69) is 10.6 Å². The molecular weight excluding hydrogens is 386 g/mol. The number of nitrogens with one attached hydrogen (secondary N) is 2. The molecule has 27 heavy (non-hydrogen) atoms. The molecule has 1 aromatic carbocycles. The third kappa shape index (κ3) is 5.22. The summed E-state index contributed by atoms with van der Waals surface area (Å²) in [5.41, 5.74) is 0.998. The van der Waals surface area contributed by atoms with Crippen molar-refractivity contribution in [1.29, 1.82) is 0 Å². The summed E-state index contributed by atoms with van der Waals surface area (Å²) < 4.78 is 5.46. The van der Waals surface area contributed by atoms with Gasteiger partial charge in [-0.05, 0) is 17.5 Å². The Kier molecular flexibility index (Phi) is 8.09. The first-order valence-electron chi connectivity index (χ1n) is 8.65. The molecule has 1 aromatic heterocycles. The predicted molar refractivity (Wildman–Crippen MR) is 109 cm³/mol. The number of carbonyl (C=O) groups excluding carboxylic acids is 2. The second-order valence-corrected chi connectivity index (χ2v) is 6.98. The third-order valence-corrected chi connectivity index (χ3v) is 5.30. The highest BCUT2D eigenvalue weighted by atomic mass is 35.5. The Morgan fingerprint density at radius 1 is 1.30 bits per heavy atom. The van der Waals surface area contributed by atoms with Gasteiger partial charge in [0.2, 0.25) is 5.91 Å². The van der Waals surface area contributed by atoms with Gasteiger partial charge in [0.05, 0.1) is 18.0 Å². The van der Waals surface area contributed by atoms with Crippen molar-refractivity contribution in [3.8, 4) is 5.75 Å². The lowest BCUT2D eigenvalue weighted by Crippen LogP contribution is -2.49. The van der Waals surface area contributed by atoms with Crippen LogP contribution in [0.4, 0.5) is 0 Å². The van der Waals surface area contributed by atoms with Crippen LogP contribution in [-0.2, 0) is 4.79 Å². The Bertz CT molecular complexity index is 754. The zero-order valence-corrected chi connectivity index (χ0v) is 16.8. The summed E-state index contributed by atoms with van der Waals surface area (Å²) in [5, 5.41) is 8.02. The highest BCUT2D eigenvalue weighted by Gasteiger charge is 2.29. The molecule has 3 rings (SSSR count). The van der Waals surface area contributed by atoms with Crippen LogP contribution in [0.2, 0.25) is 0 Å². The molecule has 8 heteroatoms. The topological polar surface area (TPSA) is 70.7 Å². The molecule has 1 atom stereocenters. The van der Waals surface area contributed by atoms with E-state index >= 15 is 0 Å². The van der Waals surface area contributed by atoms with Crippen LogP contribution >= 0.6 is 23.7 Å². The quantitative estimate of drug-likeness (QED) is 0.768. The molecular formula is C19H24ClN3O3S. The molecule has 0 saturated carbocycles. The maximum absolute atomic E-state index is 12.8. The maximum atomic E-state index is 12.8. The summed E-state index contributed by atoms with van der Waals surface area (Å²) in [6, 6.07) is 11.3. The van der Waals surface area contributed by atoms with Crippen LogP contribution in [0.25, 0.3) is 0 Å². The average Bonchev–Trinajstić information content (AvgIpc) is 3.22. The van der Waals surface area contributed by atoms with Gasteiger partial charge in [0.15, 0.2) is 0 Å². The lowest BCUT2D eigenvalue weighted by molar-refractivity contribution is -0.134. The van der Waals surface area contributed by atoms with Crippen molar-refractivity contribution in [1.82, 2.24) is 15.5 Å². The van der Waals surface area contributed by atoms with E-state index in [1.807, 2.05) is 40.6 Å². The van der Waals surface area contributed by atoms with Crippen LogP contribution in [0.5, 0.6) is 5.75 Å². The molecule has 6 nitrogen and oxygen atoms in total. The number of hydrogen-bond donors (Lipinski definition) is 2.